The second kappa shape index (κ2) is 4.82. The lowest BCUT2D eigenvalue weighted by Gasteiger charge is -1.95. The Hall–Kier alpha value is -0.330. The summed E-state index contributed by atoms with van der Waals surface area (Å²) in [6.45, 7) is 4.15. The van der Waals surface area contributed by atoms with Crippen molar-refractivity contribution in [2.75, 3.05) is 0 Å². The predicted octanol–water partition coefficient (Wildman–Crippen LogP) is 2.42. The minimum absolute atomic E-state index is 0.787. The summed E-state index contributed by atoms with van der Waals surface area (Å²) in [7, 11) is 0. The van der Waals surface area contributed by atoms with Crippen LogP contribution in [0.25, 0.3) is 0 Å². The summed E-state index contributed by atoms with van der Waals surface area (Å²) in [6.07, 6.45) is 4.99. The average Bonchev–Trinajstić information content (AvgIpc) is 1.68. The van der Waals surface area contributed by atoms with E-state index in [0.717, 1.165) is 25.0 Å². The van der Waals surface area contributed by atoms with Gasteiger partial charge in [-0.2, -0.15) is 0 Å². The van der Waals surface area contributed by atoms with Crippen LogP contribution in [0.4, 0.5) is 0 Å². The molecule has 8 heavy (non-hydrogen) atoms. The Kier molecular flexibility index (Phi) is 4.62. The molecule has 0 atom stereocenters. The van der Waals surface area contributed by atoms with Crippen molar-refractivity contribution in [2.24, 2.45) is 0 Å². The molecule has 0 aliphatic rings. The maximum Gasteiger partial charge on any atom is 0.0126 e. The third kappa shape index (κ3) is 3.85. The van der Waals surface area contributed by atoms with Crippen LogP contribution in [0.2, 0.25) is 0 Å². The maximum atomic E-state index is 7.23. The molecule has 0 rings (SSSR count). The zero-order chi connectivity index (χ0) is 6.41. The topological polar surface area (TPSA) is 23.9 Å². The Bertz CT molecular complexity index is 58.8. The lowest BCUT2D eigenvalue weighted by Crippen LogP contribution is -1.93. The van der Waals surface area contributed by atoms with Crippen LogP contribution in [-0.4, -0.2) is 5.71 Å². The van der Waals surface area contributed by atoms with Gasteiger partial charge in [0, 0.05) is 12.1 Å². The van der Waals surface area contributed by atoms with Gasteiger partial charge in [-0.25, -0.2) is 0 Å². The highest BCUT2D eigenvalue weighted by Gasteiger charge is 1.90. The van der Waals surface area contributed by atoms with Gasteiger partial charge in [0.15, 0.2) is 0 Å². The van der Waals surface area contributed by atoms with E-state index in [9.17, 15) is 0 Å². The molecule has 0 amide bonds. The molecule has 1 heteroatoms. The van der Waals surface area contributed by atoms with Crippen LogP contribution in [0, 0.1) is 11.8 Å². The molecule has 0 unspecified atom stereocenters. The van der Waals surface area contributed by atoms with Crippen molar-refractivity contribution in [2.45, 2.75) is 33.1 Å². The number of rotatable bonds is 4. The quantitative estimate of drug-likeness (QED) is 0.540. The first kappa shape index (κ1) is 7.67. The summed E-state index contributed by atoms with van der Waals surface area (Å²) >= 11 is 0. The highest BCUT2D eigenvalue weighted by atomic mass is 14.4. The molecular formula is C7H14N. The summed E-state index contributed by atoms with van der Waals surface area (Å²) in [5.41, 5.74) is 0.787. The normalized spacial score (nSPS) is 9.25. The first-order valence-corrected chi connectivity index (χ1v) is 3.21. The zero-order valence-corrected chi connectivity index (χ0v) is 5.70. The molecule has 0 aliphatic heterocycles. The fourth-order valence-electron chi connectivity index (χ4n) is 0.618. The van der Waals surface area contributed by atoms with Gasteiger partial charge in [-0.1, -0.05) is 20.3 Å². The summed E-state index contributed by atoms with van der Waals surface area (Å²) in [5, 5.41) is 7.23. The third-order valence-corrected chi connectivity index (χ3v) is 0.970. The maximum absolute atomic E-state index is 7.23. The van der Waals surface area contributed by atoms with Crippen LogP contribution >= 0.6 is 0 Å². The van der Waals surface area contributed by atoms with Gasteiger partial charge in [0.2, 0.25) is 0 Å². The molecule has 0 aromatic heterocycles. The fourth-order valence-corrected chi connectivity index (χ4v) is 0.618. The fraction of sp³-hybridized carbons (Fsp3) is 0.714. The van der Waals surface area contributed by atoms with E-state index in [0.29, 0.717) is 0 Å². The van der Waals surface area contributed by atoms with Gasteiger partial charge in [-0.15, -0.1) is 0 Å². The van der Waals surface area contributed by atoms with Crippen molar-refractivity contribution in [3.05, 3.63) is 6.42 Å². The molecule has 47 valence electrons. The summed E-state index contributed by atoms with van der Waals surface area (Å²) < 4.78 is 0. The van der Waals surface area contributed by atoms with Crippen molar-refractivity contribution < 1.29 is 0 Å². The van der Waals surface area contributed by atoms with Crippen LogP contribution < -0.4 is 0 Å². The molecular weight excluding hydrogens is 98.1 g/mol. The van der Waals surface area contributed by atoms with Crippen LogP contribution in [0.3, 0.4) is 0 Å². The van der Waals surface area contributed by atoms with E-state index < -0.39 is 0 Å². The minimum Gasteiger partial charge on any atom is -0.309 e. The van der Waals surface area contributed by atoms with E-state index in [2.05, 4.69) is 13.8 Å². The van der Waals surface area contributed by atoms with Gasteiger partial charge >= 0.3 is 0 Å². The second-order valence-corrected chi connectivity index (χ2v) is 1.89. The van der Waals surface area contributed by atoms with Crippen LogP contribution in [0.15, 0.2) is 0 Å². The van der Waals surface area contributed by atoms with Crippen molar-refractivity contribution >= 4 is 5.71 Å². The lowest BCUT2D eigenvalue weighted by molar-refractivity contribution is 0.971. The Morgan fingerprint density at radius 1 is 1.50 bits per heavy atom. The van der Waals surface area contributed by atoms with E-state index in [1.54, 1.807) is 0 Å². The van der Waals surface area contributed by atoms with E-state index in [-0.39, 0.29) is 0 Å². The second-order valence-electron chi connectivity index (χ2n) is 1.89. The Morgan fingerprint density at radius 3 is 2.50 bits per heavy atom. The van der Waals surface area contributed by atoms with Gasteiger partial charge in [0.25, 0.3) is 0 Å². The summed E-state index contributed by atoms with van der Waals surface area (Å²) in [5.74, 6) is 0. The van der Waals surface area contributed by atoms with Gasteiger partial charge < -0.3 is 5.41 Å². The van der Waals surface area contributed by atoms with Crippen LogP contribution in [0.5, 0.6) is 0 Å². The van der Waals surface area contributed by atoms with E-state index in [1.165, 1.54) is 0 Å². The third-order valence-electron chi connectivity index (χ3n) is 0.970. The molecule has 0 spiro atoms. The molecule has 0 heterocycles. The lowest BCUT2D eigenvalue weighted by atomic mass is 10.1. The van der Waals surface area contributed by atoms with Gasteiger partial charge in [-0.3, -0.25) is 0 Å². The van der Waals surface area contributed by atoms with Crippen LogP contribution in [-0.2, 0) is 0 Å². The van der Waals surface area contributed by atoms with E-state index >= 15 is 0 Å². The predicted molar refractivity (Wildman–Crippen MR) is 37.2 cm³/mol. The smallest absolute Gasteiger partial charge is 0.0126 e. The van der Waals surface area contributed by atoms with Gasteiger partial charge in [-0.05, 0) is 12.8 Å². The molecule has 1 N–H and O–H groups in total. The number of hydrogen-bond donors (Lipinski definition) is 1. The van der Waals surface area contributed by atoms with Crippen molar-refractivity contribution in [1.82, 2.24) is 0 Å². The molecule has 1 radical (unpaired) electrons. The molecule has 0 bridgehead atoms. The van der Waals surface area contributed by atoms with Gasteiger partial charge in [0.1, 0.15) is 0 Å². The standard InChI is InChI=1S/C7H14N/c1-3-5-7(8)6-4-2/h5,8H,3-4,6H2,1-2H3. The first-order valence-electron chi connectivity index (χ1n) is 3.21. The van der Waals surface area contributed by atoms with Crippen molar-refractivity contribution in [3.63, 3.8) is 0 Å². The average molecular weight is 112 g/mol. The zero-order valence-electron chi connectivity index (χ0n) is 5.70. The minimum atomic E-state index is 0.787. The molecule has 0 aliphatic carbocycles. The van der Waals surface area contributed by atoms with Crippen molar-refractivity contribution in [1.29, 1.82) is 5.41 Å². The number of hydrogen-bond acceptors (Lipinski definition) is 1. The first-order chi connectivity index (χ1) is 3.81. The monoisotopic (exact) mass is 112 g/mol. The number of nitrogens with one attached hydrogen (secondary N) is 1. The van der Waals surface area contributed by atoms with E-state index in [4.69, 9.17) is 5.41 Å². The van der Waals surface area contributed by atoms with E-state index in [1.807, 2.05) is 6.42 Å². The highest BCUT2D eigenvalue weighted by Crippen LogP contribution is 1.95. The SMILES string of the molecule is CC[CH]C(=N)CCC. The molecule has 0 fully saturated rings. The summed E-state index contributed by atoms with van der Waals surface area (Å²) in [4.78, 5) is 0. The highest BCUT2D eigenvalue weighted by molar-refractivity contribution is 5.89. The largest absolute Gasteiger partial charge is 0.309 e. The molecule has 0 aromatic carbocycles. The molecule has 0 saturated heterocycles. The van der Waals surface area contributed by atoms with Crippen LogP contribution in [0.1, 0.15) is 33.1 Å². The Labute approximate surface area is 51.6 Å². The Balaban J connectivity index is 3.06. The molecule has 0 aromatic rings. The Morgan fingerprint density at radius 2 is 2.12 bits per heavy atom. The molecule has 0 saturated carbocycles. The molecule has 1 nitrogen and oxygen atoms in total. The van der Waals surface area contributed by atoms with Crippen molar-refractivity contribution in [3.8, 4) is 0 Å². The summed E-state index contributed by atoms with van der Waals surface area (Å²) in [6, 6.07) is 0. The van der Waals surface area contributed by atoms with Gasteiger partial charge in [0.05, 0.1) is 0 Å².